The number of amides is 1. The summed E-state index contributed by atoms with van der Waals surface area (Å²) in [4.78, 5) is 29.6. The fourth-order valence-electron chi connectivity index (χ4n) is 3.09. The Bertz CT molecular complexity index is 1060. The van der Waals surface area contributed by atoms with Gasteiger partial charge in [0.25, 0.3) is 5.91 Å². The third-order valence-corrected chi connectivity index (χ3v) is 5.44. The largest absolute Gasteiger partial charge is 0.452 e. The number of carbonyl (C=O) groups is 2. The Morgan fingerprint density at radius 1 is 1.14 bits per heavy atom. The molecule has 0 atom stereocenters. The number of halogens is 1. The fraction of sp³-hybridized carbons (Fsp3) is 0.227. The SMILES string of the molecule is CCc1nc2ccccc2c(C(=O)OCC(=O)Nc2ccc(Br)c(C)c2)c1C. The number of benzene rings is 2. The Labute approximate surface area is 172 Å². The number of para-hydroxylation sites is 1. The van der Waals surface area contributed by atoms with Crippen molar-refractivity contribution in [2.24, 2.45) is 0 Å². The lowest BCUT2D eigenvalue weighted by molar-refractivity contribution is -0.119. The van der Waals surface area contributed by atoms with Crippen molar-refractivity contribution in [3.63, 3.8) is 0 Å². The van der Waals surface area contributed by atoms with Crippen molar-refractivity contribution in [2.75, 3.05) is 11.9 Å². The molecule has 1 heterocycles. The summed E-state index contributed by atoms with van der Waals surface area (Å²) in [6, 6.07) is 12.9. The maximum atomic E-state index is 12.8. The minimum Gasteiger partial charge on any atom is -0.452 e. The number of anilines is 1. The van der Waals surface area contributed by atoms with E-state index >= 15 is 0 Å². The molecule has 0 unspecified atom stereocenters. The lowest BCUT2D eigenvalue weighted by Gasteiger charge is -2.13. The van der Waals surface area contributed by atoms with Gasteiger partial charge in [-0.05, 0) is 55.7 Å². The van der Waals surface area contributed by atoms with Crippen LogP contribution >= 0.6 is 15.9 Å². The molecule has 0 aliphatic heterocycles. The van der Waals surface area contributed by atoms with Crippen molar-refractivity contribution >= 4 is 44.4 Å². The maximum absolute atomic E-state index is 12.8. The van der Waals surface area contributed by atoms with Gasteiger partial charge in [0.05, 0.1) is 11.1 Å². The van der Waals surface area contributed by atoms with Gasteiger partial charge in [-0.15, -0.1) is 0 Å². The van der Waals surface area contributed by atoms with Gasteiger partial charge in [0.1, 0.15) is 0 Å². The van der Waals surface area contributed by atoms with Crippen LogP contribution in [0.15, 0.2) is 46.9 Å². The molecule has 1 aromatic heterocycles. The molecule has 0 aliphatic rings. The number of hydrogen-bond acceptors (Lipinski definition) is 4. The zero-order valence-corrected chi connectivity index (χ0v) is 17.6. The smallest absolute Gasteiger partial charge is 0.339 e. The number of nitrogens with zero attached hydrogens (tertiary/aromatic N) is 1. The summed E-state index contributed by atoms with van der Waals surface area (Å²) in [6.45, 7) is 5.43. The monoisotopic (exact) mass is 440 g/mol. The van der Waals surface area contributed by atoms with Gasteiger partial charge in [-0.2, -0.15) is 0 Å². The third-order valence-electron chi connectivity index (χ3n) is 4.55. The molecule has 1 amide bonds. The molecule has 0 radical (unpaired) electrons. The zero-order chi connectivity index (χ0) is 20.3. The van der Waals surface area contributed by atoms with E-state index in [9.17, 15) is 9.59 Å². The molecule has 0 aliphatic carbocycles. The van der Waals surface area contributed by atoms with Crippen LogP contribution in [0.4, 0.5) is 5.69 Å². The maximum Gasteiger partial charge on any atom is 0.339 e. The second-order valence-corrected chi connectivity index (χ2v) is 7.37. The van der Waals surface area contributed by atoms with Crippen LogP contribution in [-0.4, -0.2) is 23.5 Å². The zero-order valence-electron chi connectivity index (χ0n) is 16.0. The second-order valence-electron chi connectivity index (χ2n) is 6.52. The quantitative estimate of drug-likeness (QED) is 0.568. The lowest BCUT2D eigenvalue weighted by Crippen LogP contribution is -2.21. The number of carbonyl (C=O) groups excluding carboxylic acids is 2. The van der Waals surface area contributed by atoms with E-state index in [1.54, 1.807) is 6.07 Å². The van der Waals surface area contributed by atoms with Crippen molar-refractivity contribution < 1.29 is 14.3 Å². The van der Waals surface area contributed by atoms with E-state index in [0.717, 1.165) is 32.2 Å². The standard InChI is InChI=1S/C22H21BrN2O3/c1-4-18-14(3)21(16-7-5-6-8-19(16)25-18)22(27)28-12-20(26)24-15-9-10-17(23)13(2)11-15/h5-11H,4,12H2,1-3H3,(H,24,26). The van der Waals surface area contributed by atoms with Gasteiger partial charge in [-0.25, -0.2) is 4.79 Å². The van der Waals surface area contributed by atoms with Gasteiger partial charge in [-0.1, -0.05) is 41.1 Å². The molecule has 0 saturated heterocycles. The second kappa shape index (κ2) is 8.52. The predicted molar refractivity (Wildman–Crippen MR) is 114 cm³/mol. The molecule has 6 heteroatoms. The van der Waals surface area contributed by atoms with Crippen LogP contribution in [-0.2, 0) is 16.0 Å². The van der Waals surface area contributed by atoms with E-state index in [2.05, 4.69) is 26.2 Å². The minimum absolute atomic E-state index is 0.356. The van der Waals surface area contributed by atoms with Crippen LogP contribution in [0.5, 0.6) is 0 Å². The Balaban J connectivity index is 1.77. The molecule has 0 bridgehead atoms. The number of aromatic nitrogens is 1. The van der Waals surface area contributed by atoms with Crippen molar-refractivity contribution in [1.82, 2.24) is 4.98 Å². The van der Waals surface area contributed by atoms with Crippen LogP contribution < -0.4 is 5.32 Å². The van der Waals surface area contributed by atoms with Gasteiger partial charge >= 0.3 is 5.97 Å². The highest BCUT2D eigenvalue weighted by Crippen LogP contribution is 2.24. The molecule has 144 valence electrons. The van der Waals surface area contributed by atoms with E-state index in [-0.39, 0.29) is 12.5 Å². The Hall–Kier alpha value is -2.73. The first-order valence-corrected chi connectivity index (χ1v) is 9.81. The molecule has 3 aromatic rings. The van der Waals surface area contributed by atoms with Gasteiger partial charge in [0, 0.05) is 21.2 Å². The fourth-order valence-corrected chi connectivity index (χ4v) is 3.33. The molecule has 0 fully saturated rings. The van der Waals surface area contributed by atoms with E-state index in [1.807, 2.05) is 57.2 Å². The minimum atomic E-state index is -0.520. The molecule has 3 rings (SSSR count). The topological polar surface area (TPSA) is 68.3 Å². The Morgan fingerprint density at radius 2 is 1.89 bits per heavy atom. The van der Waals surface area contributed by atoms with Crippen LogP contribution in [0, 0.1) is 13.8 Å². The summed E-state index contributed by atoms with van der Waals surface area (Å²) in [7, 11) is 0. The summed E-state index contributed by atoms with van der Waals surface area (Å²) < 4.78 is 6.28. The third kappa shape index (κ3) is 4.22. The van der Waals surface area contributed by atoms with Crippen LogP contribution in [0.25, 0.3) is 10.9 Å². The molecule has 2 aromatic carbocycles. The summed E-state index contributed by atoms with van der Waals surface area (Å²) in [5.74, 6) is -0.908. The summed E-state index contributed by atoms with van der Waals surface area (Å²) in [6.07, 6.45) is 0.709. The number of rotatable bonds is 5. The highest BCUT2D eigenvalue weighted by molar-refractivity contribution is 9.10. The van der Waals surface area contributed by atoms with Crippen LogP contribution in [0.2, 0.25) is 0 Å². The van der Waals surface area contributed by atoms with Crippen LogP contribution in [0.3, 0.4) is 0 Å². The summed E-state index contributed by atoms with van der Waals surface area (Å²) in [5, 5.41) is 3.47. The average molecular weight is 441 g/mol. The molecule has 28 heavy (non-hydrogen) atoms. The molecule has 1 N–H and O–H groups in total. The van der Waals surface area contributed by atoms with Crippen molar-refractivity contribution in [1.29, 1.82) is 0 Å². The van der Waals surface area contributed by atoms with Gasteiger partial charge in [0.15, 0.2) is 6.61 Å². The average Bonchev–Trinajstić information content (AvgIpc) is 2.68. The van der Waals surface area contributed by atoms with Gasteiger partial charge in [-0.3, -0.25) is 9.78 Å². The van der Waals surface area contributed by atoms with Gasteiger partial charge in [0.2, 0.25) is 0 Å². The number of esters is 1. The number of hydrogen-bond donors (Lipinski definition) is 1. The number of nitrogens with one attached hydrogen (secondary N) is 1. The van der Waals surface area contributed by atoms with Crippen LogP contribution in [0.1, 0.15) is 34.1 Å². The first-order valence-electron chi connectivity index (χ1n) is 9.02. The Morgan fingerprint density at radius 3 is 2.61 bits per heavy atom. The first-order chi connectivity index (χ1) is 13.4. The van der Waals surface area contributed by atoms with Gasteiger partial charge < -0.3 is 10.1 Å². The first kappa shape index (κ1) is 20.0. The number of fused-ring (bicyclic) bond motifs is 1. The molecule has 0 spiro atoms. The number of ether oxygens (including phenoxy) is 1. The van der Waals surface area contributed by atoms with E-state index < -0.39 is 5.97 Å². The highest BCUT2D eigenvalue weighted by Gasteiger charge is 2.19. The number of aryl methyl sites for hydroxylation is 2. The highest BCUT2D eigenvalue weighted by atomic mass is 79.9. The van der Waals surface area contributed by atoms with Crippen molar-refractivity contribution in [3.05, 3.63) is 69.3 Å². The molecule has 0 saturated carbocycles. The normalized spacial score (nSPS) is 10.7. The van der Waals surface area contributed by atoms with E-state index in [1.165, 1.54) is 0 Å². The lowest BCUT2D eigenvalue weighted by atomic mass is 10.0. The van der Waals surface area contributed by atoms with Crippen molar-refractivity contribution in [2.45, 2.75) is 27.2 Å². The number of pyridine rings is 1. The Kier molecular flexibility index (Phi) is 6.09. The molecular weight excluding hydrogens is 420 g/mol. The van der Waals surface area contributed by atoms with E-state index in [0.29, 0.717) is 17.7 Å². The summed E-state index contributed by atoms with van der Waals surface area (Å²) >= 11 is 3.42. The molecule has 5 nitrogen and oxygen atoms in total. The van der Waals surface area contributed by atoms with Crippen molar-refractivity contribution in [3.8, 4) is 0 Å². The summed E-state index contributed by atoms with van der Waals surface area (Å²) in [5.41, 5.74) is 4.50. The van der Waals surface area contributed by atoms with E-state index in [4.69, 9.17) is 4.74 Å². The molecular formula is C22H21BrN2O3. The predicted octanol–water partition coefficient (Wildman–Crippen LogP) is 4.97.